The Morgan fingerprint density at radius 1 is 1.25 bits per heavy atom. The summed E-state index contributed by atoms with van der Waals surface area (Å²) in [7, 11) is 1.73. The number of morpholine rings is 1. The first-order chi connectivity index (χ1) is 9.83. The topological polar surface area (TPSA) is 46.4 Å². The van der Waals surface area contributed by atoms with Gasteiger partial charge in [-0.2, -0.15) is 0 Å². The molecule has 0 bridgehead atoms. The molecular weight excluding hydrogens is 254 g/mol. The average Bonchev–Trinajstić information content (AvgIpc) is 2.53. The summed E-state index contributed by atoms with van der Waals surface area (Å²) in [6, 6.07) is 0.720. The lowest BCUT2D eigenvalue weighted by atomic mass is 9.91. The third kappa shape index (κ3) is 4.56. The van der Waals surface area contributed by atoms with Crippen LogP contribution in [0, 0.1) is 0 Å². The zero-order valence-corrected chi connectivity index (χ0v) is 12.8. The van der Waals surface area contributed by atoms with E-state index in [9.17, 15) is 0 Å². The van der Waals surface area contributed by atoms with Gasteiger partial charge in [-0.1, -0.05) is 6.92 Å². The van der Waals surface area contributed by atoms with E-state index in [1.165, 1.54) is 12.8 Å². The van der Waals surface area contributed by atoms with Gasteiger partial charge in [-0.05, 0) is 25.7 Å². The molecule has 0 atom stereocenters. The predicted octanol–water partition coefficient (Wildman–Crippen LogP) is 2.11. The van der Waals surface area contributed by atoms with Crippen LogP contribution >= 0.6 is 0 Å². The van der Waals surface area contributed by atoms with Gasteiger partial charge in [-0.15, -0.1) is 0 Å². The standard InChI is InChI=1S/C15H27N3O2/c1-3-15(17-12-16-2)20-14-6-4-13(5-7-14)18-8-10-19-11-9-18/h12-14H,3-11H2,1-2H3. The molecule has 1 heterocycles. The Kier molecular flexibility index (Phi) is 6.47. The first kappa shape index (κ1) is 15.4. The summed E-state index contributed by atoms with van der Waals surface area (Å²) in [6.45, 7) is 6.02. The van der Waals surface area contributed by atoms with E-state index in [-0.39, 0.29) is 0 Å². The Labute approximate surface area is 122 Å². The van der Waals surface area contributed by atoms with Crippen molar-refractivity contribution in [1.82, 2.24) is 4.90 Å². The first-order valence-electron chi connectivity index (χ1n) is 7.79. The van der Waals surface area contributed by atoms with Crippen LogP contribution in [0.3, 0.4) is 0 Å². The van der Waals surface area contributed by atoms with E-state index in [4.69, 9.17) is 9.47 Å². The molecule has 2 aliphatic rings. The summed E-state index contributed by atoms with van der Waals surface area (Å²) in [5.41, 5.74) is 0. The molecule has 0 aromatic heterocycles. The smallest absolute Gasteiger partial charge is 0.189 e. The number of hydrogen-bond acceptors (Lipinski definition) is 4. The van der Waals surface area contributed by atoms with Crippen LogP contribution < -0.4 is 0 Å². The van der Waals surface area contributed by atoms with Crippen LogP contribution in [0.15, 0.2) is 9.98 Å². The molecule has 0 aromatic rings. The van der Waals surface area contributed by atoms with Gasteiger partial charge in [-0.25, -0.2) is 4.99 Å². The molecule has 0 aromatic carbocycles. The lowest BCUT2D eigenvalue weighted by Crippen LogP contribution is -2.45. The average molecular weight is 281 g/mol. The summed E-state index contributed by atoms with van der Waals surface area (Å²) >= 11 is 0. The second-order valence-corrected chi connectivity index (χ2v) is 5.45. The summed E-state index contributed by atoms with van der Waals surface area (Å²) in [5, 5.41) is 0. The Hall–Kier alpha value is -0.940. The normalized spacial score (nSPS) is 29.8. The fourth-order valence-electron chi connectivity index (χ4n) is 2.99. The van der Waals surface area contributed by atoms with Crippen LogP contribution in [0.4, 0.5) is 0 Å². The molecule has 1 saturated carbocycles. The fourth-order valence-corrected chi connectivity index (χ4v) is 2.99. The molecular formula is C15H27N3O2. The van der Waals surface area contributed by atoms with E-state index < -0.39 is 0 Å². The van der Waals surface area contributed by atoms with Gasteiger partial charge in [0.05, 0.1) is 13.2 Å². The highest BCUT2D eigenvalue weighted by molar-refractivity contribution is 5.83. The van der Waals surface area contributed by atoms with Crippen molar-refractivity contribution in [3.8, 4) is 0 Å². The van der Waals surface area contributed by atoms with Gasteiger partial charge >= 0.3 is 0 Å². The van der Waals surface area contributed by atoms with Crippen molar-refractivity contribution in [3.63, 3.8) is 0 Å². The molecule has 1 aliphatic carbocycles. The van der Waals surface area contributed by atoms with Gasteiger partial charge in [0.25, 0.3) is 0 Å². The Morgan fingerprint density at radius 3 is 2.55 bits per heavy atom. The Balaban J connectivity index is 1.75. The van der Waals surface area contributed by atoms with Crippen LogP contribution in [0.1, 0.15) is 39.0 Å². The molecule has 5 nitrogen and oxygen atoms in total. The lowest BCUT2D eigenvalue weighted by Gasteiger charge is -2.38. The second-order valence-electron chi connectivity index (χ2n) is 5.45. The first-order valence-corrected chi connectivity index (χ1v) is 7.79. The molecule has 0 amide bonds. The molecule has 0 unspecified atom stereocenters. The van der Waals surface area contributed by atoms with Crippen molar-refractivity contribution >= 4 is 12.2 Å². The van der Waals surface area contributed by atoms with Crippen LogP contribution in [0.5, 0.6) is 0 Å². The maximum absolute atomic E-state index is 5.99. The van der Waals surface area contributed by atoms with Gasteiger partial charge in [0.2, 0.25) is 0 Å². The monoisotopic (exact) mass is 281 g/mol. The maximum Gasteiger partial charge on any atom is 0.189 e. The minimum atomic E-state index is 0.330. The molecule has 2 fully saturated rings. The van der Waals surface area contributed by atoms with E-state index in [0.717, 1.165) is 57.5 Å². The van der Waals surface area contributed by atoms with E-state index in [0.29, 0.717) is 6.10 Å². The Morgan fingerprint density at radius 2 is 1.95 bits per heavy atom. The molecule has 1 saturated heterocycles. The summed E-state index contributed by atoms with van der Waals surface area (Å²) in [5.74, 6) is 0.811. The number of rotatable bonds is 4. The number of hydrogen-bond donors (Lipinski definition) is 0. The van der Waals surface area contributed by atoms with Crippen LogP contribution in [-0.4, -0.2) is 62.6 Å². The van der Waals surface area contributed by atoms with E-state index in [1.807, 2.05) is 0 Å². The number of nitrogens with zero attached hydrogens (tertiary/aromatic N) is 3. The van der Waals surface area contributed by atoms with Crippen molar-refractivity contribution < 1.29 is 9.47 Å². The second kappa shape index (κ2) is 8.37. The maximum atomic E-state index is 5.99. The van der Waals surface area contributed by atoms with Crippen molar-refractivity contribution in [2.75, 3.05) is 33.4 Å². The zero-order chi connectivity index (χ0) is 14.2. The minimum absolute atomic E-state index is 0.330. The lowest BCUT2D eigenvalue weighted by molar-refractivity contribution is -0.00236. The largest absolute Gasteiger partial charge is 0.477 e. The summed E-state index contributed by atoms with van der Waals surface area (Å²) < 4.78 is 11.4. The summed E-state index contributed by atoms with van der Waals surface area (Å²) in [6.07, 6.45) is 7.44. The van der Waals surface area contributed by atoms with Gasteiger partial charge in [-0.3, -0.25) is 9.89 Å². The molecule has 0 spiro atoms. The van der Waals surface area contributed by atoms with Crippen molar-refractivity contribution in [2.45, 2.75) is 51.2 Å². The van der Waals surface area contributed by atoms with Crippen molar-refractivity contribution in [1.29, 1.82) is 0 Å². The van der Waals surface area contributed by atoms with Crippen LogP contribution in [0.25, 0.3) is 0 Å². The van der Waals surface area contributed by atoms with E-state index in [2.05, 4.69) is 21.8 Å². The minimum Gasteiger partial charge on any atom is -0.477 e. The Bertz CT molecular complexity index is 330. The zero-order valence-electron chi connectivity index (χ0n) is 12.8. The fraction of sp³-hybridized carbons (Fsp3) is 0.867. The van der Waals surface area contributed by atoms with Gasteiger partial charge in [0.1, 0.15) is 12.4 Å². The molecule has 2 rings (SSSR count). The molecule has 20 heavy (non-hydrogen) atoms. The van der Waals surface area contributed by atoms with E-state index >= 15 is 0 Å². The quantitative estimate of drug-likeness (QED) is 0.586. The van der Waals surface area contributed by atoms with Crippen molar-refractivity contribution in [3.05, 3.63) is 0 Å². The third-order valence-electron chi connectivity index (χ3n) is 4.13. The summed E-state index contributed by atoms with van der Waals surface area (Å²) in [4.78, 5) is 10.7. The molecule has 0 radical (unpaired) electrons. The number of aliphatic imine (C=N–C) groups is 2. The predicted molar refractivity (Wildman–Crippen MR) is 81.7 cm³/mol. The molecule has 114 valence electrons. The molecule has 5 heteroatoms. The molecule has 1 aliphatic heterocycles. The van der Waals surface area contributed by atoms with Gasteiger partial charge in [0.15, 0.2) is 5.90 Å². The highest BCUT2D eigenvalue weighted by atomic mass is 16.5. The SMILES string of the molecule is CCC(=NC=NC)OC1CCC(N2CCOCC2)CC1. The molecule has 0 N–H and O–H groups in total. The van der Waals surface area contributed by atoms with Crippen LogP contribution in [0.2, 0.25) is 0 Å². The highest BCUT2D eigenvalue weighted by Gasteiger charge is 2.27. The number of ether oxygens (including phenoxy) is 2. The highest BCUT2D eigenvalue weighted by Crippen LogP contribution is 2.26. The van der Waals surface area contributed by atoms with Gasteiger partial charge < -0.3 is 9.47 Å². The van der Waals surface area contributed by atoms with Crippen molar-refractivity contribution in [2.24, 2.45) is 9.98 Å². The third-order valence-corrected chi connectivity index (χ3v) is 4.13. The van der Waals surface area contributed by atoms with E-state index in [1.54, 1.807) is 13.4 Å². The van der Waals surface area contributed by atoms with Crippen LogP contribution in [-0.2, 0) is 9.47 Å². The van der Waals surface area contributed by atoms with Gasteiger partial charge in [0, 0.05) is 32.6 Å².